The van der Waals surface area contributed by atoms with Crippen LogP contribution in [0.2, 0.25) is 0 Å². The molecule has 0 unspecified atom stereocenters. The van der Waals surface area contributed by atoms with Crippen LogP contribution in [0.1, 0.15) is 63.0 Å². The van der Waals surface area contributed by atoms with E-state index < -0.39 is 0 Å². The average molecular weight is 275 g/mol. The van der Waals surface area contributed by atoms with Gasteiger partial charge >= 0.3 is 0 Å². The molecule has 3 rings (SSSR count). The first-order valence-electron chi connectivity index (χ1n) is 8.10. The summed E-state index contributed by atoms with van der Waals surface area (Å²) >= 11 is 0. The third kappa shape index (κ3) is 3.41. The van der Waals surface area contributed by atoms with Crippen molar-refractivity contribution in [2.75, 3.05) is 6.54 Å². The molecule has 0 aliphatic heterocycles. The highest BCUT2D eigenvalue weighted by Gasteiger charge is 2.44. The van der Waals surface area contributed by atoms with Crippen LogP contribution in [-0.4, -0.2) is 22.4 Å². The number of H-pyrrole nitrogens is 1. The standard InChI is InChI=1S/C16H25N3O/c20-16(14-9-13(14)15-10-17-11-19-15)18-8-4-7-12-5-2-1-3-6-12/h10-14H,1-9H2,(H,17,19)(H,18,20)/t13-,14-/m1/s1. The summed E-state index contributed by atoms with van der Waals surface area (Å²) in [5.74, 6) is 1.69. The van der Waals surface area contributed by atoms with Gasteiger partial charge in [-0.25, -0.2) is 4.98 Å². The highest BCUT2D eigenvalue weighted by atomic mass is 16.2. The molecule has 2 aliphatic carbocycles. The molecule has 2 fully saturated rings. The van der Waals surface area contributed by atoms with Crippen LogP contribution in [0, 0.1) is 11.8 Å². The Morgan fingerprint density at radius 3 is 2.95 bits per heavy atom. The lowest BCUT2D eigenvalue weighted by Crippen LogP contribution is -2.26. The highest BCUT2D eigenvalue weighted by Crippen LogP contribution is 2.46. The van der Waals surface area contributed by atoms with Crippen LogP contribution in [0.4, 0.5) is 0 Å². The largest absolute Gasteiger partial charge is 0.356 e. The molecule has 1 heterocycles. The van der Waals surface area contributed by atoms with Gasteiger partial charge in [0, 0.05) is 30.3 Å². The SMILES string of the molecule is O=C(NCCCC1CCCCC1)[C@@H]1C[C@H]1c1cnc[nH]1. The van der Waals surface area contributed by atoms with Crippen LogP contribution < -0.4 is 5.32 Å². The molecule has 110 valence electrons. The molecule has 0 aromatic carbocycles. The van der Waals surface area contributed by atoms with E-state index >= 15 is 0 Å². The van der Waals surface area contributed by atoms with E-state index in [1.807, 2.05) is 6.20 Å². The Balaban J connectivity index is 1.30. The van der Waals surface area contributed by atoms with Crippen molar-refractivity contribution in [2.24, 2.45) is 11.8 Å². The second-order valence-electron chi connectivity index (χ2n) is 6.39. The second kappa shape index (κ2) is 6.42. The Bertz CT molecular complexity index is 423. The lowest BCUT2D eigenvalue weighted by Gasteiger charge is -2.21. The lowest BCUT2D eigenvalue weighted by molar-refractivity contribution is -0.122. The molecule has 0 radical (unpaired) electrons. The van der Waals surface area contributed by atoms with Gasteiger partial charge in [0.15, 0.2) is 0 Å². The fourth-order valence-electron chi connectivity index (χ4n) is 3.51. The van der Waals surface area contributed by atoms with E-state index in [-0.39, 0.29) is 11.8 Å². The molecule has 20 heavy (non-hydrogen) atoms. The van der Waals surface area contributed by atoms with Crippen molar-refractivity contribution in [1.29, 1.82) is 0 Å². The van der Waals surface area contributed by atoms with Gasteiger partial charge in [0.1, 0.15) is 0 Å². The minimum atomic E-state index is 0.171. The van der Waals surface area contributed by atoms with Gasteiger partial charge in [-0.2, -0.15) is 0 Å². The molecule has 1 aromatic rings. The molecule has 0 saturated heterocycles. The van der Waals surface area contributed by atoms with E-state index in [1.165, 1.54) is 38.5 Å². The van der Waals surface area contributed by atoms with E-state index in [1.54, 1.807) is 6.33 Å². The number of aromatic nitrogens is 2. The van der Waals surface area contributed by atoms with E-state index in [0.717, 1.165) is 31.0 Å². The first-order valence-corrected chi connectivity index (χ1v) is 8.10. The fourth-order valence-corrected chi connectivity index (χ4v) is 3.51. The smallest absolute Gasteiger partial charge is 0.223 e. The number of nitrogens with zero attached hydrogens (tertiary/aromatic N) is 1. The number of carbonyl (C=O) groups excluding carboxylic acids is 1. The van der Waals surface area contributed by atoms with E-state index in [0.29, 0.717) is 5.92 Å². The molecule has 2 saturated carbocycles. The van der Waals surface area contributed by atoms with Crippen LogP contribution in [0.15, 0.2) is 12.5 Å². The second-order valence-corrected chi connectivity index (χ2v) is 6.39. The molecule has 4 heteroatoms. The van der Waals surface area contributed by atoms with Crippen molar-refractivity contribution in [3.63, 3.8) is 0 Å². The predicted octanol–water partition coefficient (Wildman–Crippen LogP) is 2.99. The normalized spacial score (nSPS) is 26.4. The van der Waals surface area contributed by atoms with Crippen molar-refractivity contribution < 1.29 is 4.79 Å². The molecule has 2 atom stereocenters. The molecule has 0 bridgehead atoms. The van der Waals surface area contributed by atoms with Gasteiger partial charge in [-0.15, -0.1) is 0 Å². The van der Waals surface area contributed by atoms with Crippen molar-refractivity contribution >= 4 is 5.91 Å². The summed E-state index contributed by atoms with van der Waals surface area (Å²) in [4.78, 5) is 19.1. The minimum Gasteiger partial charge on any atom is -0.356 e. The third-order valence-electron chi connectivity index (χ3n) is 4.86. The van der Waals surface area contributed by atoms with E-state index in [2.05, 4.69) is 15.3 Å². The number of carbonyl (C=O) groups is 1. The van der Waals surface area contributed by atoms with Gasteiger partial charge in [0.2, 0.25) is 5.91 Å². The van der Waals surface area contributed by atoms with Gasteiger partial charge in [-0.3, -0.25) is 4.79 Å². The minimum absolute atomic E-state index is 0.171. The number of nitrogens with one attached hydrogen (secondary N) is 2. The zero-order valence-corrected chi connectivity index (χ0v) is 12.1. The third-order valence-corrected chi connectivity index (χ3v) is 4.86. The summed E-state index contributed by atoms with van der Waals surface area (Å²) in [6.07, 6.45) is 14.0. The topological polar surface area (TPSA) is 57.8 Å². The first-order chi connectivity index (χ1) is 9.84. The van der Waals surface area contributed by atoms with Gasteiger partial charge in [-0.1, -0.05) is 32.1 Å². The van der Waals surface area contributed by atoms with Gasteiger partial charge in [0.25, 0.3) is 0 Å². The van der Waals surface area contributed by atoms with E-state index in [9.17, 15) is 4.79 Å². The molecule has 2 N–H and O–H groups in total. The average Bonchev–Trinajstić information content (AvgIpc) is 3.10. The van der Waals surface area contributed by atoms with E-state index in [4.69, 9.17) is 0 Å². The van der Waals surface area contributed by atoms with Crippen LogP contribution in [-0.2, 0) is 4.79 Å². The number of amides is 1. The quantitative estimate of drug-likeness (QED) is 0.784. The van der Waals surface area contributed by atoms with Gasteiger partial charge in [0.05, 0.1) is 6.33 Å². The summed E-state index contributed by atoms with van der Waals surface area (Å²) in [7, 11) is 0. The molecule has 0 spiro atoms. The summed E-state index contributed by atoms with van der Waals surface area (Å²) < 4.78 is 0. The Morgan fingerprint density at radius 1 is 1.35 bits per heavy atom. The maximum Gasteiger partial charge on any atom is 0.223 e. The zero-order chi connectivity index (χ0) is 13.8. The Kier molecular flexibility index (Phi) is 4.38. The maximum atomic E-state index is 12.0. The maximum absolute atomic E-state index is 12.0. The first kappa shape index (κ1) is 13.7. The molecule has 1 amide bonds. The number of rotatable bonds is 6. The molecule has 1 aromatic heterocycles. The molecular weight excluding hydrogens is 250 g/mol. The summed E-state index contributed by atoms with van der Waals surface area (Å²) in [5, 5.41) is 3.10. The van der Waals surface area contributed by atoms with Crippen LogP contribution in [0.25, 0.3) is 0 Å². The Morgan fingerprint density at radius 2 is 2.20 bits per heavy atom. The van der Waals surface area contributed by atoms with Crippen molar-refractivity contribution in [3.8, 4) is 0 Å². The Hall–Kier alpha value is -1.32. The number of aromatic amines is 1. The highest BCUT2D eigenvalue weighted by molar-refractivity contribution is 5.82. The monoisotopic (exact) mass is 275 g/mol. The lowest BCUT2D eigenvalue weighted by atomic mass is 9.86. The van der Waals surface area contributed by atoms with Crippen LogP contribution >= 0.6 is 0 Å². The number of hydrogen-bond donors (Lipinski definition) is 2. The zero-order valence-electron chi connectivity index (χ0n) is 12.1. The van der Waals surface area contributed by atoms with Crippen molar-refractivity contribution in [2.45, 2.75) is 57.3 Å². The fraction of sp³-hybridized carbons (Fsp3) is 0.750. The predicted molar refractivity (Wildman–Crippen MR) is 78.3 cm³/mol. The van der Waals surface area contributed by atoms with Crippen molar-refractivity contribution in [3.05, 3.63) is 18.2 Å². The van der Waals surface area contributed by atoms with Crippen LogP contribution in [0.5, 0.6) is 0 Å². The van der Waals surface area contributed by atoms with Crippen molar-refractivity contribution in [1.82, 2.24) is 15.3 Å². The summed E-state index contributed by atoms with van der Waals surface area (Å²) in [6.45, 7) is 0.849. The van der Waals surface area contributed by atoms with Crippen LogP contribution in [0.3, 0.4) is 0 Å². The Labute approximate surface area is 120 Å². The summed E-state index contributed by atoms with van der Waals surface area (Å²) in [5.41, 5.74) is 1.10. The molecule has 2 aliphatic rings. The van der Waals surface area contributed by atoms with Gasteiger partial charge in [-0.05, 0) is 25.2 Å². The van der Waals surface area contributed by atoms with Gasteiger partial charge < -0.3 is 10.3 Å². The molecular formula is C16H25N3O. The number of hydrogen-bond acceptors (Lipinski definition) is 2. The number of imidazole rings is 1. The summed E-state index contributed by atoms with van der Waals surface area (Å²) in [6, 6.07) is 0. The molecule has 4 nitrogen and oxygen atoms in total.